The normalized spacial score (nSPS) is 22.0. The molecule has 2 heterocycles. The van der Waals surface area contributed by atoms with E-state index in [4.69, 9.17) is 16.3 Å². The van der Waals surface area contributed by atoms with E-state index in [9.17, 15) is 8.42 Å². The molecule has 1 fully saturated rings. The molecule has 1 aliphatic rings. The molecule has 0 radical (unpaired) electrons. The second-order valence-corrected chi connectivity index (χ2v) is 9.10. The van der Waals surface area contributed by atoms with Crippen molar-refractivity contribution >= 4 is 33.0 Å². The molecule has 5 nitrogen and oxygen atoms in total. The van der Waals surface area contributed by atoms with E-state index in [0.717, 1.165) is 37.0 Å². The summed E-state index contributed by atoms with van der Waals surface area (Å²) >= 11 is 6.88. The van der Waals surface area contributed by atoms with Gasteiger partial charge in [-0.1, -0.05) is 17.7 Å². The molecule has 3 rings (SSSR count). The Bertz CT molecular complexity index is 741. The van der Waals surface area contributed by atoms with Crippen molar-refractivity contribution in [2.24, 2.45) is 0 Å². The molecule has 2 aromatic heterocycles. The molecular formula is C15H17ClN2O3S2. The molecular weight excluding hydrogens is 356 g/mol. The lowest BCUT2D eigenvalue weighted by Crippen LogP contribution is -2.39. The molecule has 0 amide bonds. The summed E-state index contributed by atoms with van der Waals surface area (Å²) in [6, 6.07) is 8.62. The second-order valence-electron chi connectivity index (χ2n) is 5.44. The quantitative estimate of drug-likeness (QED) is 0.872. The predicted octanol–water partition coefficient (Wildman–Crippen LogP) is 3.47. The van der Waals surface area contributed by atoms with Crippen molar-refractivity contribution in [3.63, 3.8) is 0 Å². The lowest BCUT2D eigenvalue weighted by atomic mass is 9.94. The molecule has 2 aromatic rings. The van der Waals surface area contributed by atoms with Gasteiger partial charge in [-0.15, -0.1) is 11.3 Å². The Hall–Kier alpha value is -1.15. The van der Waals surface area contributed by atoms with Crippen LogP contribution in [0.25, 0.3) is 0 Å². The first-order chi connectivity index (χ1) is 11.0. The van der Waals surface area contributed by atoms with Crippen LogP contribution >= 0.6 is 22.9 Å². The highest BCUT2D eigenvalue weighted by Crippen LogP contribution is 2.28. The highest BCUT2D eigenvalue weighted by molar-refractivity contribution is 7.91. The minimum absolute atomic E-state index is 0.0653. The van der Waals surface area contributed by atoms with Crippen LogP contribution in [-0.4, -0.2) is 25.5 Å². The maximum Gasteiger partial charge on any atom is 0.250 e. The van der Waals surface area contributed by atoms with Gasteiger partial charge in [0.05, 0.1) is 4.34 Å². The number of pyridine rings is 1. The molecule has 8 heteroatoms. The van der Waals surface area contributed by atoms with E-state index < -0.39 is 10.0 Å². The van der Waals surface area contributed by atoms with Crippen LogP contribution in [0.1, 0.15) is 25.7 Å². The number of nitrogens with one attached hydrogen (secondary N) is 1. The molecule has 0 atom stereocenters. The van der Waals surface area contributed by atoms with E-state index in [1.807, 2.05) is 18.2 Å². The average Bonchev–Trinajstić information content (AvgIpc) is 2.98. The molecule has 0 aliphatic heterocycles. The van der Waals surface area contributed by atoms with Crippen LogP contribution in [0.2, 0.25) is 4.34 Å². The number of rotatable bonds is 5. The Kier molecular flexibility index (Phi) is 5.21. The minimum Gasteiger partial charge on any atom is -0.474 e. The Labute approximate surface area is 144 Å². The smallest absolute Gasteiger partial charge is 0.250 e. The van der Waals surface area contributed by atoms with Gasteiger partial charge in [-0.25, -0.2) is 18.1 Å². The van der Waals surface area contributed by atoms with Crippen molar-refractivity contribution in [1.29, 1.82) is 0 Å². The third-order valence-corrected chi connectivity index (χ3v) is 6.98. The molecule has 23 heavy (non-hydrogen) atoms. The predicted molar refractivity (Wildman–Crippen MR) is 90.6 cm³/mol. The molecule has 0 bridgehead atoms. The standard InChI is InChI=1S/C15H17ClN2O3S2/c16-13-8-9-15(22-13)23(19,20)18-11-4-6-12(7-5-11)21-14-3-1-2-10-17-14/h1-3,8-12,18H,4-7H2. The first-order valence-electron chi connectivity index (χ1n) is 7.38. The molecule has 0 saturated heterocycles. The summed E-state index contributed by atoms with van der Waals surface area (Å²) < 4.78 is 33.9. The summed E-state index contributed by atoms with van der Waals surface area (Å²) in [4.78, 5) is 4.15. The number of halogens is 1. The zero-order valence-corrected chi connectivity index (χ0v) is 14.7. The van der Waals surface area contributed by atoms with Crippen molar-refractivity contribution < 1.29 is 13.2 Å². The lowest BCUT2D eigenvalue weighted by Gasteiger charge is -2.28. The molecule has 1 saturated carbocycles. The second kappa shape index (κ2) is 7.17. The van der Waals surface area contributed by atoms with Gasteiger partial charge in [0, 0.05) is 18.3 Å². The summed E-state index contributed by atoms with van der Waals surface area (Å²) in [6.45, 7) is 0. The van der Waals surface area contributed by atoms with Crippen molar-refractivity contribution in [2.45, 2.75) is 42.0 Å². The Morgan fingerprint density at radius 3 is 2.57 bits per heavy atom. The maximum atomic E-state index is 12.3. The Balaban J connectivity index is 1.53. The summed E-state index contributed by atoms with van der Waals surface area (Å²) in [6.07, 6.45) is 4.87. The van der Waals surface area contributed by atoms with Crippen molar-refractivity contribution in [2.75, 3.05) is 0 Å². The number of hydrogen-bond acceptors (Lipinski definition) is 5. The number of sulfonamides is 1. The van der Waals surface area contributed by atoms with Crippen molar-refractivity contribution in [3.8, 4) is 5.88 Å². The first-order valence-corrected chi connectivity index (χ1v) is 10.1. The number of hydrogen-bond donors (Lipinski definition) is 1. The number of ether oxygens (including phenoxy) is 1. The summed E-state index contributed by atoms with van der Waals surface area (Å²) in [7, 11) is -3.48. The van der Waals surface area contributed by atoms with Crippen molar-refractivity contribution in [3.05, 3.63) is 40.9 Å². The van der Waals surface area contributed by atoms with Gasteiger partial charge >= 0.3 is 0 Å². The largest absolute Gasteiger partial charge is 0.474 e. The monoisotopic (exact) mass is 372 g/mol. The van der Waals surface area contributed by atoms with Crippen LogP contribution in [0.3, 0.4) is 0 Å². The van der Waals surface area contributed by atoms with E-state index >= 15 is 0 Å². The highest BCUT2D eigenvalue weighted by atomic mass is 35.5. The summed E-state index contributed by atoms with van der Waals surface area (Å²) in [5.41, 5.74) is 0. The van der Waals surface area contributed by atoms with Gasteiger partial charge in [0.2, 0.25) is 15.9 Å². The molecule has 0 aromatic carbocycles. The van der Waals surface area contributed by atoms with E-state index in [1.165, 1.54) is 6.07 Å². The van der Waals surface area contributed by atoms with Gasteiger partial charge in [-0.2, -0.15) is 0 Å². The first kappa shape index (κ1) is 16.7. The summed E-state index contributed by atoms with van der Waals surface area (Å²) in [5, 5.41) is 0. The number of aromatic nitrogens is 1. The Morgan fingerprint density at radius 1 is 1.17 bits per heavy atom. The molecule has 1 N–H and O–H groups in total. The zero-order valence-electron chi connectivity index (χ0n) is 12.3. The zero-order chi connectivity index (χ0) is 16.3. The van der Waals surface area contributed by atoms with Gasteiger partial charge < -0.3 is 4.74 Å². The fraction of sp³-hybridized carbons (Fsp3) is 0.400. The van der Waals surface area contributed by atoms with Crippen LogP contribution < -0.4 is 9.46 Å². The molecule has 1 aliphatic carbocycles. The van der Waals surface area contributed by atoms with Crippen LogP contribution in [0.15, 0.2) is 40.7 Å². The molecule has 124 valence electrons. The number of thiophene rings is 1. The van der Waals surface area contributed by atoms with Gasteiger partial charge in [0.25, 0.3) is 0 Å². The van der Waals surface area contributed by atoms with E-state index in [-0.39, 0.29) is 16.4 Å². The highest BCUT2D eigenvalue weighted by Gasteiger charge is 2.27. The van der Waals surface area contributed by atoms with Crippen LogP contribution in [0, 0.1) is 0 Å². The fourth-order valence-corrected chi connectivity index (χ4v) is 5.41. The lowest BCUT2D eigenvalue weighted by molar-refractivity contribution is 0.138. The van der Waals surface area contributed by atoms with Crippen LogP contribution in [0.4, 0.5) is 0 Å². The van der Waals surface area contributed by atoms with Crippen molar-refractivity contribution in [1.82, 2.24) is 9.71 Å². The van der Waals surface area contributed by atoms with Gasteiger partial charge in [0.1, 0.15) is 10.3 Å². The van der Waals surface area contributed by atoms with Crippen LogP contribution in [0.5, 0.6) is 5.88 Å². The fourth-order valence-electron chi connectivity index (χ4n) is 2.61. The SMILES string of the molecule is O=S(=O)(NC1CCC(Oc2ccccn2)CC1)c1ccc(Cl)s1. The Morgan fingerprint density at radius 2 is 1.96 bits per heavy atom. The van der Waals surface area contributed by atoms with E-state index in [1.54, 1.807) is 12.3 Å². The maximum absolute atomic E-state index is 12.3. The van der Waals surface area contributed by atoms with Gasteiger partial charge in [0.15, 0.2) is 0 Å². The topological polar surface area (TPSA) is 68.3 Å². The summed E-state index contributed by atoms with van der Waals surface area (Å²) in [5.74, 6) is 0.616. The van der Waals surface area contributed by atoms with E-state index in [2.05, 4.69) is 9.71 Å². The van der Waals surface area contributed by atoms with Gasteiger partial charge in [-0.05, 0) is 43.9 Å². The number of nitrogens with zero attached hydrogens (tertiary/aromatic N) is 1. The van der Waals surface area contributed by atoms with Crippen LogP contribution in [-0.2, 0) is 10.0 Å². The molecule has 0 spiro atoms. The third-order valence-electron chi connectivity index (χ3n) is 3.73. The molecule has 0 unspecified atom stereocenters. The van der Waals surface area contributed by atoms with E-state index in [0.29, 0.717) is 10.2 Å². The minimum atomic E-state index is -3.48. The third kappa shape index (κ3) is 4.44. The van der Waals surface area contributed by atoms with Gasteiger partial charge in [-0.3, -0.25) is 0 Å². The average molecular weight is 373 g/mol.